The minimum atomic E-state index is -1.41. The van der Waals surface area contributed by atoms with Crippen LogP contribution < -0.4 is 21.8 Å². The third kappa shape index (κ3) is 6.22. The summed E-state index contributed by atoms with van der Waals surface area (Å²) >= 11 is 0. The molecule has 0 radical (unpaired) electrons. The lowest BCUT2D eigenvalue weighted by molar-refractivity contribution is 0.0682. The maximum atomic E-state index is 13.7. The molecule has 0 aromatic heterocycles. The number of carboxylic acids is 3. The van der Waals surface area contributed by atoms with Crippen molar-refractivity contribution < 1.29 is 48.4 Å². The molecule has 280 valence electrons. The van der Waals surface area contributed by atoms with Crippen LogP contribution in [0.15, 0.2) is 117 Å². The summed E-state index contributed by atoms with van der Waals surface area (Å²) in [5.74, 6) is -4.73. The maximum Gasteiger partial charge on any atom is 0.336 e. The Hall–Kier alpha value is -8.26. The van der Waals surface area contributed by atoms with Gasteiger partial charge in [-0.1, -0.05) is 12.1 Å². The first-order chi connectivity index (χ1) is 27.3. The van der Waals surface area contributed by atoms with E-state index in [0.717, 1.165) is 6.07 Å². The molecule has 1 amide bonds. The number of fused-ring (bicyclic) bond motifs is 4. The molecular formula is C43H27N3O11. The zero-order valence-electron chi connectivity index (χ0n) is 29.2. The lowest BCUT2D eigenvalue weighted by atomic mass is 9.88. The Morgan fingerprint density at radius 1 is 0.632 bits per heavy atom. The Bertz CT molecular complexity index is 3110. The average Bonchev–Trinajstić information content (AvgIpc) is 3.18. The van der Waals surface area contributed by atoms with Crippen molar-refractivity contribution in [1.82, 2.24) is 5.32 Å². The number of nitrogens with one attached hydrogen (secondary N) is 2. The van der Waals surface area contributed by atoms with Crippen molar-refractivity contribution >= 4 is 51.4 Å². The molecule has 2 heterocycles. The first-order valence-corrected chi connectivity index (χ1v) is 17.1. The van der Waals surface area contributed by atoms with E-state index < -0.39 is 35.8 Å². The molecule has 4 aromatic carbocycles. The van der Waals surface area contributed by atoms with E-state index in [9.17, 15) is 44.4 Å². The molecule has 0 saturated heterocycles. The van der Waals surface area contributed by atoms with E-state index in [1.807, 2.05) is 0 Å². The molecule has 2 aliphatic heterocycles. The molecule has 14 heteroatoms. The Balaban J connectivity index is 1.21. The molecule has 2 aliphatic carbocycles. The number of benzene rings is 6. The molecule has 4 aliphatic rings. The number of nitrogen functional groups attached to an aromatic ring is 1. The summed E-state index contributed by atoms with van der Waals surface area (Å²) in [5.41, 5.74) is 7.29. The number of phenolic OH excluding ortho intramolecular Hbond substituents is 1. The third-order valence-corrected chi connectivity index (χ3v) is 9.65. The molecule has 0 atom stereocenters. The molecule has 8 N–H and O–H groups in total. The van der Waals surface area contributed by atoms with Gasteiger partial charge in [0.15, 0.2) is 5.43 Å². The molecule has 0 saturated carbocycles. The molecule has 0 spiro atoms. The van der Waals surface area contributed by atoms with Crippen molar-refractivity contribution in [1.29, 1.82) is 5.41 Å². The van der Waals surface area contributed by atoms with Gasteiger partial charge in [-0.2, -0.15) is 0 Å². The summed E-state index contributed by atoms with van der Waals surface area (Å²) in [4.78, 5) is 64.0. The summed E-state index contributed by atoms with van der Waals surface area (Å²) in [5, 5.41) is 52.2. The number of hydrogen-bond donors (Lipinski definition) is 7. The number of nitrogens with two attached hydrogens (primary N) is 1. The number of carbonyl (C=O) groups is 4. The van der Waals surface area contributed by atoms with E-state index in [-0.39, 0.29) is 72.5 Å². The summed E-state index contributed by atoms with van der Waals surface area (Å²) in [7, 11) is 0. The maximum absolute atomic E-state index is 13.7. The number of carbonyl (C=O) groups excluding carboxylic acids is 1. The molecule has 0 fully saturated rings. The molecule has 0 bridgehead atoms. The summed E-state index contributed by atoms with van der Waals surface area (Å²) < 4.78 is 12.2. The second kappa shape index (κ2) is 13.5. The van der Waals surface area contributed by atoms with Gasteiger partial charge < -0.3 is 45.7 Å². The largest absolute Gasteiger partial charge is 0.508 e. The van der Waals surface area contributed by atoms with E-state index in [1.54, 1.807) is 30.3 Å². The highest BCUT2D eigenvalue weighted by Crippen LogP contribution is 2.44. The van der Waals surface area contributed by atoms with Gasteiger partial charge in [-0.15, -0.1) is 0 Å². The molecule has 0 unspecified atom stereocenters. The van der Waals surface area contributed by atoms with Gasteiger partial charge >= 0.3 is 17.9 Å². The second-order valence-corrected chi connectivity index (χ2v) is 13.1. The highest BCUT2D eigenvalue weighted by atomic mass is 16.4. The van der Waals surface area contributed by atoms with Gasteiger partial charge in [0.05, 0.1) is 34.2 Å². The Morgan fingerprint density at radius 2 is 1.23 bits per heavy atom. The van der Waals surface area contributed by atoms with Crippen LogP contribution in [0.3, 0.4) is 0 Å². The van der Waals surface area contributed by atoms with E-state index in [0.29, 0.717) is 38.9 Å². The van der Waals surface area contributed by atoms with Crippen molar-refractivity contribution in [2.45, 2.75) is 6.54 Å². The summed E-state index contributed by atoms with van der Waals surface area (Å²) in [6.07, 6.45) is 0. The number of rotatable bonds is 8. The fourth-order valence-corrected chi connectivity index (χ4v) is 7.06. The summed E-state index contributed by atoms with van der Waals surface area (Å²) in [6.45, 7) is -0.414. The monoisotopic (exact) mass is 761 g/mol. The van der Waals surface area contributed by atoms with Crippen LogP contribution in [0, 0.1) is 5.41 Å². The highest BCUT2D eigenvalue weighted by molar-refractivity contribution is 6.10. The van der Waals surface area contributed by atoms with Gasteiger partial charge in [0.2, 0.25) is 0 Å². The lowest BCUT2D eigenvalue weighted by Gasteiger charge is -2.19. The van der Waals surface area contributed by atoms with Crippen LogP contribution in [0.25, 0.3) is 66.8 Å². The smallest absolute Gasteiger partial charge is 0.336 e. The number of amides is 1. The number of aromatic carboxylic acids is 3. The minimum Gasteiger partial charge on any atom is -0.508 e. The zero-order valence-corrected chi connectivity index (χ0v) is 29.2. The van der Waals surface area contributed by atoms with Crippen LogP contribution in [-0.2, 0) is 6.54 Å². The van der Waals surface area contributed by atoms with E-state index >= 15 is 0 Å². The van der Waals surface area contributed by atoms with Crippen molar-refractivity contribution in [2.75, 3.05) is 5.73 Å². The van der Waals surface area contributed by atoms with E-state index in [2.05, 4.69) is 5.32 Å². The van der Waals surface area contributed by atoms with Gasteiger partial charge in [0.1, 0.15) is 28.4 Å². The standard InChI is InChI=1S/C43H27N3O11/c44-21-3-8-26-34(15-21)56-35-16-22(45)4-9-27(35)37(26)24-6-1-19(13-30(24)42(52)53)40(49)46-18-32-33(48)12-11-29-38(28-10-5-23(47)17-36(28)57-39(29)32)25-7-2-20(41(50)51)14-31(25)43(54)55/h1-17,44,47H,18,45H2,(H,46,49)(H,50,51)(H,52,53)(H,54,55). The number of anilines is 1. The number of carboxylic acid groups (broad SMARTS) is 3. The third-order valence-electron chi connectivity index (χ3n) is 9.65. The topological polar surface area (TPSA) is 254 Å². The predicted octanol–water partition coefficient (Wildman–Crippen LogP) is 6.87. The van der Waals surface area contributed by atoms with Crippen LogP contribution in [-0.4, -0.2) is 44.2 Å². The van der Waals surface area contributed by atoms with Crippen LogP contribution in [0.4, 0.5) is 5.69 Å². The van der Waals surface area contributed by atoms with Crippen LogP contribution >= 0.6 is 0 Å². The van der Waals surface area contributed by atoms with Crippen LogP contribution in [0.2, 0.25) is 0 Å². The number of hydrogen-bond acceptors (Lipinski definition) is 10. The zero-order chi connectivity index (χ0) is 40.3. The van der Waals surface area contributed by atoms with Gasteiger partial charge in [-0.25, -0.2) is 14.4 Å². The van der Waals surface area contributed by atoms with Gasteiger partial charge in [0.25, 0.3) is 5.91 Å². The highest BCUT2D eigenvalue weighted by Gasteiger charge is 2.27. The summed E-state index contributed by atoms with van der Waals surface area (Å²) in [6, 6.07) is 24.1. The van der Waals surface area contributed by atoms with E-state index in [1.165, 1.54) is 66.7 Å². The second-order valence-electron chi connectivity index (χ2n) is 13.1. The van der Waals surface area contributed by atoms with Gasteiger partial charge in [-0.3, -0.25) is 9.59 Å². The fourth-order valence-electron chi connectivity index (χ4n) is 7.06. The first kappa shape index (κ1) is 35.8. The minimum absolute atomic E-state index is 0.0409. The van der Waals surface area contributed by atoms with Gasteiger partial charge in [-0.05, 0) is 83.9 Å². The quantitative estimate of drug-likeness (QED) is 0.0618. The lowest BCUT2D eigenvalue weighted by Crippen LogP contribution is -2.27. The number of aromatic hydroxyl groups is 1. The molecule has 4 aromatic rings. The van der Waals surface area contributed by atoms with Crippen molar-refractivity contribution in [3.63, 3.8) is 0 Å². The Morgan fingerprint density at radius 3 is 1.91 bits per heavy atom. The average molecular weight is 762 g/mol. The molecule has 14 nitrogen and oxygen atoms in total. The van der Waals surface area contributed by atoms with E-state index in [4.69, 9.17) is 20.0 Å². The van der Waals surface area contributed by atoms with Gasteiger partial charge in [0, 0.05) is 62.5 Å². The first-order valence-electron chi connectivity index (χ1n) is 17.1. The molecule has 8 rings (SSSR count). The number of phenols is 1. The Kier molecular flexibility index (Phi) is 8.50. The molecular weight excluding hydrogens is 734 g/mol. The Labute approximate surface area is 319 Å². The SMILES string of the molecule is N=c1ccc2c(-c3ccc(C(=O)NCc4c5oc6cc(O)ccc6c(-c6ccc(C(=O)O)cc6C(=O)O)c-5ccc4=O)cc3C(=O)O)c3ccc(N)cc3oc-2c1. The predicted molar refractivity (Wildman–Crippen MR) is 207 cm³/mol. The fraction of sp³-hybridized carbons (Fsp3) is 0.0233. The molecule has 57 heavy (non-hydrogen) atoms. The normalized spacial score (nSPS) is 11.3. The van der Waals surface area contributed by atoms with Crippen LogP contribution in [0.1, 0.15) is 47.0 Å². The van der Waals surface area contributed by atoms with Crippen molar-refractivity contribution in [2.24, 2.45) is 0 Å². The van der Waals surface area contributed by atoms with Crippen LogP contribution in [0.5, 0.6) is 5.75 Å². The van der Waals surface area contributed by atoms with Crippen molar-refractivity contribution in [3.05, 3.63) is 147 Å². The van der Waals surface area contributed by atoms with Crippen molar-refractivity contribution in [3.8, 4) is 50.7 Å².